The first-order valence-corrected chi connectivity index (χ1v) is 8.73. The zero-order valence-corrected chi connectivity index (χ0v) is 13.7. The maximum absolute atomic E-state index is 11.9. The van der Waals surface area contributed by atoms with Crippen molar-refractivity contribution in [3.8, 4) is 0 Å². The first kappa shape index (κ1) is 15.5. The van der Waals surface area contributed by atoms with Crippen LogP contribution in [0.4, 0.5) is 16.5 Å². The third kappa shape index (κ3) is 4.80. The number of hydrogen-bond acceptors (Lipinski definition) is 6. The van der Waals surface area contributed by atoms with Gasteiger partial charge in [0.1, 0.15) is 0 Å². The highest BCUT2D eigenvalue weighted by Gasteiger charge is 2.08. The molecule has 5 nitrogen and oxygen atoms in total. The molecule has 0 radical (unpaired) electrons. The van der Waals surface area contributed by atoms with Crippen LogP contribution in [0, 0.1) is 0 Å². The van der Waals surface area contributed by atoms with Gasteiger partial charge in [-0.15, -0.1) is 10.2 Å². The zero-order chi connectivity index (χ0) is 15.9. The number of carbonyl (C=O) groups is 1. The van der Waals surface area contributed by atoms with Crippen molar-refractivity contribution in [2.24, 2.45) is 0 Å². The number of nitrogens with one attached hydrogen (secondary N) is 2. The van der Waals surface area contributed by atoms with Crippen LogP contribution in [0.25, 0.3) is 0 Å². The molecule has 1 aromatic heterocycles. The molecular formula is C16H14N4OS2. The Hall–Kier alpha value is -2.38. The molecule has 116 valence electrons. The van der Waals surface area contributed by atoms with E-state index in [1.807, 2.05) is 60.7 Å². The summed E-state index contributed by atoms with van der Waals surface area (Å²) in [6.45, 7) is 0. The van der Waals surface area contributed by atoms with Gasteiger partial charge in [0.15, 0.2) is 4.34 Å². The van der Waals surface area contributed by atoms with E-state index in [-0.39, 0.29) is 5.91 Å². The van der Waals surface area contributed by atoms with Crippen LogP contribution in [-0.2, 0) is 4.79 Å². The van der Waals surface area contributed by atoms with Crippen molar-refractivity contribution in [2.75, 3.05) is 16.4 Å². The van der Waals surface area contributed by atoms with Gasteiger partial charge in [-0.2, -0.15) is 0 Å². The van der Waals surface area contributed by atoms with Crippen LogP contribution in [0.1, 0.15) is 0 Å². The van der Waals surface area contributed by atoms with E-state index in [0.717, 1.165) is 15.7 Å². The monoisotopic (exact) mass is 342 g/mol. The van der Waals surface area contributed by atoms with Gasteiger partial charge in [-0.1, -0.05) is 59.5 Å². The number of nitrogens with zero attached hydrogens (tertiary/aromatic N) is 2. The van der Waals surface area contributed by atoms with Gasteiger partial charge in [-0.25, -0.2) is 0 Å². The van der Waals surface area contributed by atoms with E-state index in [1.165, 1.54) is 23.1 Å². The number of para-hydroxylation sites is 2. The maximum Gasteiger partial charge on any atom is 0.234 e. The van der Waals surface area contributed by atoms with Gasteiger partial charge in [0.05, 0.1) is 5.75 Å². The van der Waals surface area contributed by atoms with Gasteiger partial charge >= 0.3 is 0 Å². The molecule has 0 unspecified atom stereocenters. The Morgan fingerprint density at radius 2 is 1.61 bits per heavy atom. The molecule has 3 rings (SSSR count). The molecule has 1 heterocycles. The number of amides is 1. The predicted molar refractivity (Wildman–Crippen MR) is 95.4 cm³/mol. The van der Waals surface area contributed by atoms with Gasteiger partial charge in [-0.05, 0) is 24.3 Å². The summed E-state index contributed by atoms with van der Waals surface area (Å²) in [5.74, 6) is 0.239. The molecule has 0 aliphatic rings. The highest BCUT2D eigenvalue weighted by molar-refractivity contribution is 8.01. The van der Waals surface area contributed by atoms with Crippen LogP contribution in [0.2, 0.25) is 0 Å². The molecule has 7 heteroatoms. The molecule has 3 aromatic rings. The Bertz CT molecular complexity index is 762. The Labute approximate surface area is 142 Å². The summed E-state index contributed by atoms with van der Waals surface area (Å²) >= 11 is 2.80. The number of benzene rings is 2. The minimum absolute atomic E-state index is 0.0611. The molecule has 2 aromatic carbocycles. The maximum atomic E-state index is 11.9. The molecular weight excluding hydrogens is 328 g/mol. The lowest BCUT2D eigenvalue weighted by Crippen LogP contribution is -2.13. The van der Waals surface area contributed by atoms with Gasteiger partial charge in [0.25, 0.3) is 0 Å². The summed E-state index contributed by atoms with van der Waals surface area (Å²) in [6, 6.07) is 19.2. The standard InChI is InChI=1S/C16H14N4OS2/c21-14(17-12-7-3-1-4-8-12)11-22-16-20-19-15(23-16)18-13-9-5-2-6-10-13/h1-10H,11H2,(H,17,21)(H,18,19). The van der Waals surface area contributed by atoms with Crippen LogP contribution in [-0.4, -0.2) is 21.9 Å². The van der Waals surface area contributed by atoms with Crippen molar-refractivity contribution >= 4 is 45.5 Å². The van der Waals surface area contributed by atoms with Gasteiger partial charge in [0.2, 0.25) is 11.0 Å². The average molecular weight is 342 g/mol. The van der Waals surface area contributed by atoms with Crippen molar-refractivity contribution in [2.45, 2.75) is 4.34 Å². The van der Waals surface area contributed by atoms with Crippen molar-refractivity contribution < 1.29 is 4.79 Å². The number of thioether (sulfide) groups is 1. The van der Waals surface area contributed by atoms with Gasteiger partial charge in [-0.3, -0.25) is 4.79 Å². The summed E-state index contributed by atoms with van der Waals surface area (Å²) in [5.41, 5.74) is 1.75. The third-order valence-corrected chi connectivity index (χ3v) is 4.79. The fourth-order valence-corrected chi connectivity index (χ4v) is 3.38. The summed E-state index contributed by atoms with van der Waals surface area (Å²) in [4.78, 5) is 11.9. The highest BCUT2D eigenvalue weighted by Crippen LogP contribution is 2.27. The largest absolute Gasteiger partial charge is 0.330 e. The average Bonchev–Trinajstić information content (AvgIpc) is 3.02. The Balaban J connectivity index is 1.50. The lowest BCUT2D eigenvalue weighted by molar-refractivity contribution is -0.113. The molecule has 0 fully saturated rings. The third-order valence-electron chi connectivity index (χ3n) is 2.82. The number of aromatic nitrogens is 2. The molecule has 0 atom stereocenters. The van der Waals surface area contributed by atoms with Crippen LogP contribution in [0.15, 0.2) is 65.0 Å². The predicted octanol–water partition coefficient (Wildman–Crippen LogP) is 4.01. The summed E-state index contributed by atoms with van der Waals surface area (Å²) in [6.07, 6.45) is 0. The van der Waals surface area contributed by atoms with Crippen LogP contribution < -0.4 is 10.6 Å². The topological polar surface area (TPSA) is 66.9 Å². The Kier molecular flexibility index (Phi) is 5.23. The molecule has 0 saturated heterocycles. The number of carbonyl (C=O) groups excluding carboxylic acids is 1. The van der Waals surface area contributed by atoms with E-state index in [0.29, 0.717) is 10.9 Å². The molecule has 23 heavy (non-hydrogen) atoms. The fraction of sp³-hybridized carbons (Fsp3) is 0.0625. The van der Waals surface area contributed by atoms with Crippen LogP contribution in [0.3, 0.4) is 0 Å². The van der Waals surface area contributed by atoms with E-state index in [2.05, 4.69) is 20.8 Å². The highest BCUT2D eigenvalue weighted by atomic mass is 32.2. The lowest BCUT2D eigenvalue weighted by atomic mass is 10.3. The van der Waals surface area contributed by atoms with E-state index in [4.69, 9.17) is 0 Å². The minimum Gasteiger partial charge on any atom is -0.330 e. The smallest absolute Gasteiger partial charge is 0.234 e. The first-order chi connectivity index (χ1) is 11.3. The second-order valence-corrected chi connectivity index (χ2v) is 6.77. The fourth-order valence-electron chi connectivity index (χ4n) is 1.81. The van der Waals surface area contributed by atoms with Crippen molar-refractivity contribution in [3.63, 3.8) is 0 Å². The number of anilines is 3. The SMILES string of the molecule is O=C(CSc1nnc(Nc2ccccc2)s1)Nc1ccccc1. The van der Waals surface area contributed by atoms with E-state index >= 15 is 0 Å². The van der Waals surface area contributed by atoms with E-state index in [1.54, 1.807) is 0 Å². The molecule has 0 spiro atoms. The second kappa shape index (κ2) is 7.75. The number of hydrogen-bond donors (Lipinski definition) is 2. The van der Waals surface area contributed by atoms with Crippen LogP contribution >= 0.6 is 23.1 Å². The first-order valence-electron chi connectivity index (χ1n) is 6.93. The molecule has 0 bridgehead atoms. The number of rotatable bonds is 6. The van der Waals surface area contributed by atoms with Gasteiger partial charge in [0, 0.05) is 11.4 Å². The molecule has 0 aliphatic heterocycles. The Morgan fingerprint density at radius 3 is 2.30 bits per heavy atom. The molecule has 2 N–H and O–H groups in total. The van der Waals surface area contributed by atoms with Crippen molar-refractivity contribution in [1.82, 2.24) is 10.2 Å². The van der Waals surface area contributed by atoms with Gasteiger partial charge < -0.3 is 10.6 Å². The van der Waals surface area contributed by atoms with Crippen molar-refractivity contribution in [1.29, 1.82) is 0 Å². The van der Waals surface area contributed by atoms with Crippen molar-refractivity contribution in [3.05, 3.63) is 60.7 Å². The lowest BCUT2D eigenvalue weighted by Gasteiger charge is -2.03. The molecule has 0 aliphatic carbocycles. The minimum atomic E-state index is -0.0611. The second-order valence-electron chi connectivity index (χ2n) is 4.57. The summed E-state index contributed by atoms with van der Waals surface area (Å²) in [7, 11) is 0. The molecule has 1 amide bonds. The quantitative estimate of drug-likeness (QED) is 0.663. The summed E-state index contributed by atoms with van der Waals surface area (Å²) < 4.78 is 0.756. The Morgan fingerprint density at radius 1 is 0.957 bits per heavy atom. The van der Waals surface area contributed by atoms with E-state index < -0.39 is 0 Å². The zero-order valence-electron chi connectivity index (χ0n) is 12.1. The van der Waals surface area contributed by atoms with Crippen LogP contribution in [0.5, 0.6) is 0 Å². The van der Waals surface area contributed by atoms with E-state index in [9.17, 15) is 4.79 Å². The summed E-state index contributed by atoms with van der Waals surface area (Å²) in [5, 5.41) is 14.9. The molecule has 0 saturated carbocycles. The normalized spacial score (nSPS) is 10.3.